The minimum Gasteiger partial charge on any atom is -0.356 e. The van der Waals surface area contributed by atoms with Gasteiger partial charge in [0.25, 0.3) is 0 Å². The van der Waals surface area contributed by atoms with Crippen LogP contribution in [0.15, 0.2) is 0 Å². The van der Waals surface area contributed by atoms with Crippen LogP contribution in [0.1, 0.15) is 33.1 Å². The summed E-state index contributed by atoms with van der Waals surface area (Å²) < 4.78 is 0. The third-order valence-corrected chi connectivity index (χ3v) is 3.58. The normalized spacial score (nSPS) is 14.7. The van der Waals surface area contributed by atoms with Gasteiger partial charge in [0.05, 0.1) is 0 Å². The lowest BCUT2D eigenvalue weighted by molar-refractivity contribution is -0.121. The number of thioether (sulfide) groups is 1. The lowest BCUT2D eigenvalue weighted by Crippen LogP contribution is -2.26. The molecule has 0 aliphatic heterocycles. The third-order valence-electron chi connectivity index (χ3n) is 2.54. The van der Waals surface area contributed by atoms with Gasteiger partial charge >= 0.3 is 0 Å². The van der Waals surface area contributed by atoms with Crippen molar-refractivity contribution in [1.82, 2.24) is 5.32 Å². The number of nitrogens with two attached hydrogens (primary N) is 1. The number of carbonyl (C=O) groups is 1. The fraction of sp³-hybridized carbons (Fsp3) is 0.909. The van der Waals surface area contributed by atoms with Crippen molar-refractivity contribution in [2.24, 2.45) is 11.7 Å². The molecule has 3 nitrogen and oxygen atoms in total. The van der Waals surface area contributed by atoms with Gasteiger partial charge in [0.1, 0.15) is 0 Å². The Morgan fingerprint density at radius 3 is 2.60 bits per heavy atom. The van der Waals surface area contributed by atoms with Gasteiger partial charge in [-0.2, -0.15) is 11.8 Å². The highest BCUT2D eigenvalue weighted by Crippen LogP contribution is 2.08. The summed E-state index contributed by atoms with van der Waals surface area (Å²) in [6, 6.07) is 0. The molecule has 0 heterocycles. The van der Waals surface area contributed by atoms with Crippen LogP contribution in [-0.4, -0.2) is 30.5 Å². The Balaban J connectivity index is 3.41. The van der Waals surface area contributed by atoms with Crippen LogP contribution < -0.4 is 11.1 Å². The Labute approximate surface area is 97.6 Å². The first-order chi connectivity index (χ1) is 7.10. The molecule has 90 valence electrons. The Bertz CT molecular complexity index is 176. The van der Waals surface area contributed by atoms with E-state index in [4.69, 9.17) is 5.73 Å². The fourth-order valence-electron chi connectivity index (χ4n) is 1.12. The van der Waals surface area contributed by atoms with Gasteiger partial charge in [-0.1, -0.05) is 13.8 Å². The van der Waals surface area contributed by atoms with Crippen LogP contribution in [0, 0.1) is 5.92 Å². The van der Waals surface area contributed by atoms with Gasteiger partial charge in [-0.25, -0.2) is 0 Å². The van der Waals surface area contributed by atoms with Crippen LogP contribution in [0.2, 0.25) is 0 Å². The monoisotopic (exact) mass is 232 g/mol. The quantitative estimate of drug-likeness (QED) is 0.668. The zero-order valence-corrected chi connectivity index (χ0v) is 10.9. The summed E-state index contributed by atoms with van der Waals surface area (Å²) in [6.45, 7) is 5.70. The lowest BCUT2D eigenvalue weighted by Gasteiger charge is -2.10. The molecule has 4 heteroatoms. The maximum Gasteiger partial charge on any atom is 0.220 e. The summed E-state index contributed by atoms with van der Waals surface area (Å²) in [4.78, 5) is 11.4. The second kappa shape index (κ2) is 9.04. The van der Waals surface area contributed by atoms with Crippen LogP contribution in [0.3, 0.4) is 0 Å². The zero-order chi connectivity index (χ0) is 11.7. The van der Waals surface area contributed by atoms with Crippen molar-refractivity contribution in [2.75, 3.05) is 19.3 Å². The minimum absolute atomic E-state index is 0.156. The van der Waals surface area contributed by atoms with E-state index in [-0.39, 0.29) is 5.91 Å². The second-order valence-electron chi connectivity index (χ2n) is 4.06. The van der Waals surface area contributed by atoms with Gasteiger partial charge in [-0.3, -0.25) is 4.79 Å². The molecule has 2 atom stereocenters. The number of rotatable bonds is 8. The molecule has 3 N–H and O–H groups in total. The first-order valence-electron chi connectivity index (χ1n) is 5.59. The number of hydrogen-bond acceptors (Lipinski definition) is 3. The predicted molar refractivity (Wildman–Crippen MR) is 68.1 cm³/mol. The largest absolute Gasteiger partial charge is 0.356 e. The van der Waals surface area contributed by atoms with Gasteiger partial charge in [-0.15, -0.1) is 0 Å². The molecule has 0 saturated heterocycles. The van der Waals surface area contributed by atoms with Crippen molar-refractivity contribution >= 4 is 17.7 Å². The van der Waals surface area contributed by atoms with Crippen molar-refractivity contribution in [1.29, 1.82) is 0 Å². The molecule has 0 aromatic carbocycles. The Morgan fingerprint density at radius 1 is 1.40 bits per heavy atom. The van der Waals surface area contributed by atoms with Gasteiger partial charge in [-0.05, 0) is 31.6 Å². The number of hydrogen-bond donors (Lipinski definition) is 2. The maximum atomic E-state index is 11.4. The summed E-state index contributed by atoms with van der Waals surface area (Å²) in [5.41, 5.74) is 5.48. The van der Waals surface area contributed by atoms with Crippen LogP contribution in [0.5, 0.6) is 0 Å². The Morgan fingerprint density at radius 2 is 2.07 bits per heavy atom. The van der Waals surface area contributed by atoms with Crippen molar-refractivity contribution in [2.45, 2.75) is 38.4 Å². The van der Waals surface area contributed by atoms with Gasteiger partial charge in [0.2, 0.25) is 5.91 Å². The van der Waals surface area contributed by atoms with E-state index >= 15 is 0 Å². The molecule has 0 rings (SSSR count). The van der Waals surface area contributed by atoms with E-state index in [1.54, 1.807) is 0 Å². The fourth-order valence-corrected chi connectivity index (χ4v) is 1.47. The van der Waals surface area contributed by atoms with Crippen LogP contribution >= 0.6 is 11.8 Å². The van der Waals surface area contributed by atoms with Crippen LogP contribution in [0.4, 0.5) is 0 Å². The topological polar surface area (TPSA) is 55.1 Å². The zero-order valence-electron chi connectivity index (χ0n) is 10.1. The van der Waals surface area contributed by atoms with Crippen molar-refractivity contribution in [3.05, 3.63) is 0 Å². The number of nitrogens with one attached hydrogen (secondary N) is 1. The third kappa shape index (κ3) is 8.75. The molecule has 0 aromatic rings. The Kier molecular flexibility index (Phi) is 8.91. The molecule has 0 radical (unpaired) electrons. The van der Waals surface area contributed by atoms with E-state index in [1.807, 2.05) is 11.8 Å². The van der Waals surface area contributed by atoms with E-state index in [0.29, 0.717) is 24.1 Å². The number of carbonyl (C=O) groups excluding carboxylic acids is 1. The first kappa shape index (κ1) is 14.8. The van der Waals surface area contributed by atoms with E-state index in [1.165, 1.54) is 0 Å². The highest BCUT2D eigenvalue weighted by molar-refractivity contribution is 7.99. The highest BCUT2D eigenvalue weighted by atomic mass is 32.2. The van der Waals surface area contributed by atoms with Crippen LogP contribution in [-0.2, 0) is 4.79 Å². The molecular weight excluding hydrogens is 208 g/mol. The summed E-state index contributed by atoms with van der Waals surface area (Å²) in [5.74, 6) is 0.601. The second-order valence-corrected chi connectivity index (χ2v) is 5.34. The van der Waals surface area contributed by atoms with E-state index in [0.717, 1.165) is 19.4 Å². The highest BCUT2D eigenvalue weighted by Gasteiger charge is 2.05. The predicted octanol–water partition coefficient (Wildman–Crippen LogP) is 1.62. The smallest absolute Gasteiger partial charge is 0.220 e. The molecular formula is C11H24N2OS. The summed E-state index contributed by atoms with van der Waals surface area (Å²) in [7, 11) is 0. The molecule has 0 aliphatic carbocycles. The molecule has 0 aromatic heterocycles. The molecule has 0 fully saturated rings. The average Bonchev–Trinajstić information content (AvgIpc) is 2.25. The van der Waals surface area contributed by atoms with Crippen molar-refractivity contribution in [3.63, 3.8) is 0 Å². The average molecular weight is 232 g/mol. The first-order valence-corrected chi connectivity index (χ1v) is 6.88. The van der Waals surface area contributed by atoms with Gasteiger partial charge in [0, 0.05) is 18.2 Å². The van der Waals surface area contributed by atoms with Crippen molar-refractivity contribution < 1.29 is 4.79 Å². The molecule has 0 aliphatic rings. The van der Waals surface area contributed by atoms with E-state index in [2.05, 4.69) is 25.4 Å². The molecule has 0 bridgehead atoms. The minimum atomic E-state index is 0.156. The summed E-state index contributed by atoms with van der Waals surface area (Å²) in [5, 5.41) is 3.55. The SMILES string of the molecule is CSC(C)CCNC(=O)CCC(C)CN. The molecule has 0 spiro atoms. The van der Waals surface area contributed by atoms with Crippen LogP contribution in [0.25, 0.3) is 0 Å². The molecule has 0 saturated carbocycles. The molecule has 1 amide bonds. The summed E-state index contributed by atoms with van der Waals surface area (Å²) >= 11 is 1.83. The maximum absolute atomic E-state index is 11.4. The standard InChI is InChI=1S/C11H24N2OS/c1-9(8-12)4-5-11(14)13-7-6-10(2)15-3/h9-10H,4-8,12H2,1-3H3,(H,13,14). The Hall–Kier alpha value is -0.220. The van der Waals surface area contributed by atoms with E-state index in [9.17, 15) is 4.79 Å². The van der Waals surface area contributed by atoms with Crippen molar-refractivity contribution in [3.8, 4) is 0 Å². The molecule has 15 heavy (non-hydrogen) atoms. The van der Waals surface area contributed by atoms with E-state index < -0.39 is 0 Å². The molecule has 2 unspecified atom stereocenters. The lowest BCUT2D eigenvalue weighted by atomic mass is 10.1. The van der Waals surface area contributed by atoms with Gasteiger partial charge < -0.3 is 11.1 Å². The number of amides is 1. The van der Waals surface area contributed by atoms with Gasteiger partial charge in [0.15, 0.2) is 0 Å². The summed E-state index contributed by atoms with van der Waals surface area (Å²) in [6.07, 6.45) is 4.63.